The van der Waals surface area contributed by atoms with E-state index in [0.717, 1.165) is 34.8 Å². The van der Waals surface area contributed by atoms with E-state index in [-0.39, 0.29) is 5.91 Å². The van der Waals surface area contributed by atoms with Gasteiger partial charge in [0.1, 0.15) is 11.5 Å². The Morgan fingerprint density at radius 3 is 2.73 bits per heavy atom. The van der Waals surface area contributed by atoms with Crippen LogP contribution in [-0.4, -0.2) is 24.7 Å². The Hall–Kier alpha value is -2.30. The smallest absolute Gasteiger partial charge is 0.220 e. The molecule has 1 aromatic heterocycles. The van der Waals surface area contributed by atoms with E-state index < -0.39 is 0 Å². The maximum absolute atomic E-state index is 11.9. The highest BCUT2D eigenvalue weighted by Gasteiger charge is 2.11. The van der Waals surface area contributed by atoms with E-state index in [1.165, 1.54) is 0 Å². The van der Waals surface area contributed by atoms with Crippen molar-refractivity contribution in [2.75, 3.05) is 13.7 Å². The molecule has 2 rings (SSSR count). The largest absolute Gasteiger partial charge is 0.496 e. The summed E-state index contributed by atoms with van der Waals surface area (Å²) in [6.07, 6.45) is 1.84. The van der Waals surface area contributed by atoms with Gasteiger partial charge in [0.05, 0.1) is 12.8 Å². The highest BCUT2D eigenvalue weighted by atomic mass is 16.5. The number of hydrogen-bond acceptors (Lipinski definition) is 4. The third-order valence-electron chi connectivity index (χ3n) is 3.69. The van der Waals surface area contributed by atoms with Gasteiger partial charge in [-0.15, -0.1) is 0 Å². The lowest BCUT2D eigenvalue weighted by molar-refractivity contribution is -0.121. The number of amides is 1. The van der Waals surface area contributed by atoms with Gasteiger partial charge in [0.25, 0.3) is 0 Å². The number of aromatic nitrogens is 1. The van der Waals surface area contributed by atoms with Crippen molar-refractivity contribution in [3.05, 3.63) is 46.8 Å². The number of carbonyl (C=O) groups excluding carboxylic acids is 1. The second-order valence-corrected chi connectivity index (χ2v) is 5.21. The number of carbonyl (C=O) groups is 1. The maximum atomic E-state index is 11.9. The van der Waals surface area contributed by atoms with Gasteiger partial charge in [-0.1, -0.05) is 23.4 Å². The van der Waals surface area contributed by atoms with E-state index in [4.69, 9.17) is 9.26 Å². The number of ether oxygens (including phenoxy) is 1. The molecule has 0 fully saturated rings. The van der Waals surface area contributed by atoms with Crippen molar-refractivity contribution in [2.24, 2.45) is 0 Å². The Kier molecular flexibility index (Phi) is 5.58. The molecular weight excluding hydrogens is 280 g/mol. The standard InChI is InChI=1S/C17H22N2O3/c1-12-15(13(2)22-19-12)8-9-17(20)18-11-10-14-6-4-5-7-16(14)21-3/h4-7H,8-11H2,1-3H3,(H,18,20). The molecule has 1 heterocycles. The quantitative estimate of drug-likeness (QED) is 0.854. The first-order chi connectivity index (χ1) is 10.6. The van der Waals surface area contributed by atoms with E-state index in [2.05, 4.69) is 10.5 Å². The third kappa shape index (κ3) is 4.10. The van der Waals surface area contributed by atoms with Crippen molar-refractivity contribution >= 4 is 5.91 Å². The maximum Gasteiger partial charge on any atom is 0.220 e. The van der Waals surface area contributed by atoms with Gasteiger partial charge in [-0.2, -0.15) is 0 Å². The first-order valence-electron chi connectivity index (χ1n) is 7.42. The van der Waals surface area contributed by atoms with Crippen LogP contribution in [-0.2, 0) is 17.6 Å². The topological polar surface area (TPSA) is 64.4 Å². The normalized spacial score (nSPS) is 10.5. The predicted octanol–water partition coefficient (Wildman–Crippen LogP) is 2.59. The summed E-state index contributed by atoms with van der Waals surface area (Å²) in [4.78, 5) is 11.9. The fourth-order valence-corrected chi connectivity index (χ4v) is 2.43. The number of hydrogen-bond donors (Lipinski definition) is 1. The molecule has 5 nitrogen and oxygen atoms in total. The Morgan fingerprint density at radius 1 is 1.27 bits per heavy atom. The third-order valence-corrected chi connectivity index (χ3v) is 3.69. The molecule has 0 atom stereocenters. The molecule has 0 bridgehead atoms. The van der Waals surface area contributed by atoms with Crippen molar-refractivity contribution in [3.63, 3.8) is 0 Å². The number of nitrogens with zero attached hydrogens (tertiary/aromatic N) is 1. The van der Waals surface area contributed by atoms with Crippen LogP contribution < -0.4 is 10.1 Å². The zero-order chi connectivity index (χ0) is 15.9. The van der Waals surface area contributed by atoms with Gasteiger partial charge in [0, 0.05) is 18.5 Å². The van der Waals surface area contributed by atoms with Gasteiger partial charge >= 0.3 is 0 Å². The van der Waals surface area contributed by atoms with E-state index >= 15 is 0 Å². The molecule has 118 valence electrons. The number of rotatable bonds is 7. The number of para-hydroxylation sites is 1. The molecule has 22 heavy (non-hydrogen) atoms. The van der Waals surface area contributed by atoms with Gasteiger partial charge < -0.3 is 14.6 Å². The molecule has 0 saturated carbocycles. The first kappa shape index (κ1) is 16.1. The average molecular weight is 302 g/mol. The minimum atomic E-state index is 0.0369. The van der Waals surface area contributed by atoms with Crippen LogP contribution in [0.25, 0.3) is 0 Å². The van der Waals surface area contributed by atoms with Crippen LogP contribution in [0.1, 0.15) is 29.0 Å². The summed E-state index contributed by atoms with van der Waals surface area (Å²) in [6.45, 7) is 4.36. The molecule has 0 unspecified atom stereocenters. The average Bonchev–Trinajstić information content (AvgIpc) is 2.84. The van der Waals surface area contributed by atoms with Crippen LogP contribution in [0.2, 0.25) is 0 Å². The summed E-state index contributed by atoms with van der Waals surface area (Å²) >= 11 is 0. The van der Waals surface area contributed by atoms with Crippen molar-refractivity contribution in [3.8, 4) is 5.75 Å². The van der Waals surface area contributed by atoms with Crippen LogP contribution in [0.4, 0.5) is 0 Å². The summed E-state index contributed by atoms with van der Waals surface area (Å²) in [5, 5.41) is 6.83. The number of methoxy groups -OCH3 is 1. The Bertz CT molecular complexity index is 615. The molecule has 5 heteroatoms. The second kappa shape index (κ2) is 7.64. The molecule has 0 spiro atoms. The summed E-state index contributed by atoms with van der Waals surface area (Å²) in [7, 11) is 1.65. The minimum Gasteiger partial charge on any atom is -0.496 e. The Labute approximate surface area is 130 Å². The molecule has 0 aliphatic carbocycles. The zero-order valence-electron chi connectivity index (χ0n) is 13.3. The van der Waals surface area contributed by atoms with Gasteiger partial charge in [0.15, 0.2) is 0 Å². The second-order valence-electron chi connectivity index (χ2n) is 5.21. The number of nitrogens with one attached hydrogen (secondary N) is 1. The number of aryl methyl sites for hydroxylation is 2. The molecule has 0 radical (unpaired) electrons. The Morgan fingerprint density at radius 2 is 2.05 bits per heavy atom. The summed E-state index contributed by atoms with van der Waals surface area (Å²) in [6, 6.07) is 7.84. The zero-order valence-corrected chi connectivity index (χ0v) is 13.3. The van der Waals surface area contributed by atoms with Gasteiger partial charge in [0.2, 0.25) is 5.91 Å². The monoisotopic (exact) mass is 302 g/mol. The van der Waals surface area contributed by atoms with Crippen molar-refractivity contribution < 1.29 is 14.1 Å². The summed E-state index contributed by atoms with van der Waals surface area (Å²) in [5.41, 5.74) is 2.98. The summed E-state index contributed by atoms with van der Waals surface area (Å²) < 4.78 is 10.4. The lowest BCUT2D eigenvalue weighted by atomic mass is 10.1. The lowest BCUT2D eigenvalue weighted by Gasteiger charge is -2.09. The summed E-state index contributed by atoms with van der Waals surface area (Å²) in [5.74, 6) is 1.68. The molecule has 0 aliphatic rings. The first-order valence-corrected chi connectivity index (χ1v) is 7.42. The van der Waals surface area contributed by atoms with E-state index in [1.807, 2.05) is 38.1 Å². The molecule has 1 aromatic carbocycles. The van der Waals surface area contributed by atoms with Crippen molar-refractivity contribution in [1.82, 2.24) is 10.5 Å². The highest BCUT2D eigenvalue weighted by molar-refractivity contribution is 5.76. The van der Waals surface area contributed by atoms with Gasteiger partial charge in [-0.25, -0.2) is 0 Å². The SMILES string of the molecule is COc1ccccc1CCNC(=O)CCc1c(C)noc1C. The van der Waals surface area contributed by atoms with Crippen LogP contribution in [0.3, 0.4) is 0 Å². The molecule has 2 aromatic rings. The molecular formula is C17H22N2O3. The minimum absolute atomic E-state index is 0.0369. The van der Waals surface area contributed by atoms with Crippen LogP contribution in [0, 0.1) is 13.8 Å². The van der Waals surface area contributed by atoms with Crippen LogP contribution in [0.5, 0.6) is 5.75 Å². The van der Waals surface area contributed by atoms with Gasteiger partial charge in [-0.3, -0.25) is 4.79 Å². The molecule has 0 saturated heterocycles. The molecule has 1 amide bonds. The lowest BCUT2D eigenvalue weighted by Crippen LogP contribution is -2.26. The molecule has 1 N–H and O–H groups in total. The van der Waals surface area contributed by atoms with Crippen molar-refractivity contribution in [1.29, 1.82) is 0 Å². The number of benzene rings is 1. The fourth-order valence-electron chi connectivity index (χ4n) is 2.43. The molecule has 0 aliphatic heterocycles. The highest BCUT2D eigenvalue weighted by Crippen LogP contribution is 2.17. The van der Waals surface area contributed by atoms with Gasteiger partial charge in [-0.05, 0) is 38.3 Å². The van der Waals surface area contributed by atoms with Crippen LogP contribution in [0.15, 0.2) is 28.8 Å². The Balaban J connectivity index is 1.76. The predicted molar refractivity (Wildman–Crippen MR) is 84.0 cm³/mol. The van der Waals surface area contributed by atoms with Crippen LogP contribution >= 0.6 is 0 Å². The van der Waals surface area contributed by atoms with E-state index in [9.17, 15) is 4.79 Å². The van der Waals surface area contributed by atoms with Crippen molar-refractivity contribution in [2.45, 2.75) is 33.1 Å². The van der Waals surface area contributed by atoms with E-state index in [0.29, 0.717) is 19.4 Å². The fraction of sp³-hybridized carbons (Fsp3) is 0.412. The van der Waals surface area contributed by atoms with E-state index in [1.54, 1.807) is 7.11 Å².